The molecule has 1 aromatic heterocycles. The molecule has 2 aromatic rings. The zero-order chi connectivity index (χ0) is 14.8. The van der Waals surface area contributed by atoms with Gasteiger partial charge in [-0.15, -0.1) is 0 Å². The molecule has 118 valence electrons. The fourth-order valence-electron chi connectivity index (χ4n) is 2.54. The summed E-state index contributed by atoms with van der Waals surface area (Å²) in [5, 5.41) is 4.84. The highest BCUT2D eigenvalue weighted by atomic mass is 79.9. The highest BCUT2D eigenvalue weighted by Crippen LogP contribution is 2.46. The number of aryl methyl sites for hydroxylation is 1. The van der Waals surface area contributed by atoms with Crippen LogP contribution in [0.25, 0.3) is 6.08 Å². The molecule has 2 nitrogen and oxygen atoms in total. The Bertz CT molecular complexity index is 682. The lowest BCUT2D eigenvalue weighted by Crippen LogP contribution is -3.00. The molecule has 3 rings (SSSR count). The Balaban J connectivity index is 0.00000176. The first-order valence-electron chi connectivity index (χ1n) is 7.09. The zero-order valence-corrected chi connectivity index (χ0v) is 16.7. The van der Waals surface area contributed by atoms with Crippen molar-refractivity contribution in [3.63, 3.8) is 0 Å². The number of nitrogens with zero attached hydrogens (tertiary/aromatic N) is 2. The number of hydrogen-bond donors (Lipinski definition) is 1. The van der Waals surface area contributed by atoms with Crippen molar-refractivity contribution in [3.8, 4) is 0 Å². The highest BCUT2D eigenvalue weighted by Gasteiger charge is 2.25. The predicted molar refractivity (Wildman–Crippen MR) is 96.4 cm³/mol. The monoisotopic (exact) mass is 414 g/mol. The largest absolute Gasteiger partial charge is 1.00 e. The van der Waals surface area contributed by atoms with E-state index in [0.717, 1.165) is 18.8 Å². The number of halogens is 1. The second-order valence-corrected chi connectivity index (χ2v) is 7.29. The lowest BCUT2D eigenvalue weighted by atomic mass is 10.3. The van der Waals surface area contributed by atoms with Crippen molar-refractivity contribution in [2.75, 3.05) is 17.2 Å². The van der Waals surface area contributed by atoms with Gasteiger partial charge in [-0.1, -0.05) is 35.2 Å². The summed E-state index contributed by atoms with van der Waals surface area (Å²) >= 11 is 8.04. The van der Waals surface area contributed by atoms with Crippen LogP contribution in [0, 0.1) is 6.92 Å². The molecule has 0 saturated carbocycles. The van der Waals surface area contributed by atoms with Gasteiger partial charge in [-0.3, -0.25) is 0 Å². The Morgan fingerprint density at radius 3 is 2.82 bits per heavy atom. The molecule has 0 aliphatic carbocycles. The number of hydrogen-bond acceptors (Lipinski definition) is 4. The number of aromatic nitrogens is 1. The van der Waals surface area contributed by atoms with Gasteiger partial charge in [-0.05, 0) is 19.1 Å². The SMILES string of the molecule is CCN1C(=Cc2scc(C)[n+]2CCS)Sc2ccccc21.[Br-]. The summed E-state index contributed by atoms with van der Waals surface area (Å²) in [7, 11) is 0. The van der Waals surface area contributed by atoms with Gasteiger partial charge in [0.05, 0.1) is 22.2 Å². The molecule has 0 saturated heterocycles. The van der Waals surface area contributed by atoms with Crippen LogP contribution >= 0.6 is 35.7 Å². The number of fused-ring (bicyclic) bond motifs is 1. The lowest BCUT2D eigenvalue weighted by molar-refractivity contribution is -0.695. The molecule has 0 N–H and O–H groups in total. The van der Waals surface area contributed by atoms with Gasteiger partial charge in [0.25, 0.3) is 5.01 Å². The first-order chi connectivity index (χ1) is 10.2. The number of thiol groups is 1. The molecule has 22 heavy (non-hydrogen) atoms. The normalized spacial score (nSPS) is 15.0. The van der Waals surface area contributed by atoms with Gasteiger partial charge >= 0.3 is 0 Å². The third kappa shape index (κ3) is 3.40. The van der Waals surface area contributed by atoms with E-state index in [0.29, 0.717) is 0 Å². The minimum absolute atomic E-state index is 0. The van der Waals surface area contributed by atoms with Gasteiger partial charge in [0.2, 0.25) is 0 Å². The van der Waals surface area contributed by atoms with E-state index in [1.54, 1.807) is 11.3 Å². The minimum atomic E-state index is 0. The van der Waals surface area contributed by atoms with Gasteiger partial charge in [-0.25, -0.2) is 0 Å². The molecule has 0 radical (unpaired) electrons. The van der Waals surface area contributed by atoms with Crippen molar-refractivity contribution in [1.82, 2.24) is 0 Å². The molecule has 1 aliphatic heterocycles. The number of para-hydroxylation sites is 1. The molecule has 1 aliphatic rings. The number of thioether (sulfide) groups is 1. The Kier molecular flexibility index (Phi) is 6.44. The topological polar surface area (TPSA) is 7.12 Å². The number of benzene rings is 1. The van der Waals surface area contributed by atoms with Crippen LogP contribution in [0.15, 0.2) is 39.6 Å². The summed E-state index contributed by atoms with van der Waals surface area (Å²) in [5.41, 5.74) is 2.63. The first-order valence-corrected chi connectivity index (χ1v) is 9.42. The number of anilines is 1. The maximum Gasteiger partial charge on any atom is 0.264 e. The molecule has 6 heteroatoms. The molecular weight excluding hydrogens is 396 g/mol. The van der Waals surface area contributed by atoms with Crippen molar-refractivity contribution in [1.29, 1.82) is 0 Å². The molecular formula is C16H19BrN2S3. The van der Waals surface area contributed by atoms with Crippen LogP contribution in [0.1, 0.15) is 17.6 Å². The summed E-state index contributed by atoms with van der Waals surface area (Å²) in [6.45, 7) is 6.32. The van der Waals surface area contributed by atoms with Gasteiger partial charge < -0.3 is 21.9 Å². The Morgan fingerprint density at radius 2 is 2.09 bits per heavy atom. The van der Waals surface area contributed by atoms with E-state index in [2.05, 4.69) is 71.7 Å². The van der Waals surface area contributed by atoms with Gasteiger partial charge in [-0.2, -0.15) is 17.2 Å². The van der Waals surface area contributed by atoms with Crippen LogP contribution in [-0.2, 0) is 6.54 Å². The molecule has 0 unspecified atom stereocenters. The molecule has 0 spiro atoms. The fraction of sp³-hybridized carbons (Fsp3) is 0.312. The van der Waals surface area contributed by atoms with Gasteiger partial charge in [0.1, 0.15) is 0 Å². The summed E-state index contributed by atoms with van der Waals surface area (Å²) in [6, 6.07) is 8.62. The minimum Gasteiger partial charge on any atom is -1.00 e. The van der Waals surface area contributed by atoms with Crippen LogP contribution in [0.5, 0.6) is 0 Å². The number of thiazole rings is 1. The van der Waals surface area contributed by atoms with Crippen LogP contribution in [0.3, 0.4) is 0 Å². The Hall–Kier alpha value is -0.430. The third-order valence-corrected chi connectivity index (χ3v) is 5.92. The smallest absolute Gasteiger partial charge is 0.264 e. The second-order valence-electron chi connectivity index (χ2n) is 4.89. The van der Waals surface area contributed by atoms with E-state index >= 15 is 0 Å². The maximum absolute atomic E-state index is 4.37. The second kappa shape index (κ2) is 7.90. The molecule has 0 fully saturated rings. The lowest BCUT2D eigenvalue weighted by Gasteiger charge is -2.17. The van der Waals surface area contributed by atoms with E-state index in [1.807, 2.05) is 11.8 Å². The predicted octanol–water partition coefficient (Wildman–Crippen LogP) is 1.21. The molecule has 0 atom stereocenters. The van der Waals surface area contributed by atoms with Crippen LogP contribution < -0.4 is 26.4 Å². The van der Waals surface area contributed by atoms with Crippen molar-refractivity contribution in [3.05, 3.63) is 45.4 Å². The van der Waals surface area contributed by atoms with Crippen molar-refractivity contribution in [2.24, 2.45) is 0 Å². The number of rotatable bonds is 4. The Morgan fingerprint density at radius 1 is 1.32 bits per heavy atom. The van der Waals surface area contributed by atoms with E-state index in [-0.39, 0.29) is 17.0 Å². The zero-order valence-electron chi connectivity index (χ0n) is 12.6. The molecule has 0 bridgehead atoms. The average molecular weight is 415 g/mol. The summed E-state index contributed by atoms with van der Waals surface area (Å²) < 4.78 is 2.35. The maximum atomic E-state index is 4.37. The van der Waals surface area contributed by atoms with Crippen LogP contribution in [0.4, 0.5) is 5.69 Å². The van der Waals surface area contributed by atoms with E-state index in [1.165, 1.54) is 26.3 Å². The van der Waals surface area contributed by atoms with Crippen LogP contribution in [-0.4, -0.2) is 12.3 Å². The third-order valence-electron chi connectivity index (χ3n) is 3.57. The quantitative estimate of drug-likeness (QED) is 0.593. The summed E-state index contributed by atoms with van der Waals surface area (Å²) in [6.07, 6.45) is 2.31. The van der Waals surface area contributed by atoms with Crippen molar-refractivity contribution in [2.45, 2.75) is 25.3 Å². The molecule has 1 aromatic carbocycles. The van der Waals surface area contributed by atoms with E-state index in [4.69, 9.17) is 0 Å². The average Bonchev–Trinajstić information content (AvgIpc) is 3.02. The molecule has 2 heterocycles. The highest BCUT2D eigenvalue weighted by molar-refractivity contribution is 8.03. The molecule has 0 amide bonds. The van der Waals surface area contributed by atoms with Gasteiger partial charge in [0.15, 0.2) is 12.2 Å². The summed E-state index contributed by atoms with van der Waals surface area (Å²) in [5.74, 6) is 0.864. The van der Waals surface area contributed by atoms with E-state index in [9.17, 15) is 0 Å². The van der Waals surface area contributed by atoms with E-state index < -0.39 is 0 Å². The van der Waals surface area contributed by atoms with Crippen molar-refractivity contribution < 1.29 is 21.5 Å². The fourth-order valence-corrected chi connectivity index (χ4v) is 4.94. The standard InChI is InChI=1S/C16H18N2S3.BrH/c1-3-17-13-6-4-5-7-14(13)21-16(17)10-15-18(8-9-19)12(2)11-20-15;/h4-7,10-11H,3,8-9H2,1-2H3;1H. The Labute approximate surface area is 156 Å². The van der Waals surface area contributed by atoms with Crippen LogP contribution in [0.2, 0.25) is 0 Å². The first kappa shape index (κ1) is 17.9. The van der Waals surface area contributed by atoms with Gasteiger partial charge in [0, 0.05) is 24.1 Å². The summed E-state index contributed by atoms with van der Waals surface area (Å²) in [4.78, 5) is 3.74. The van der Waals surface area contributed by atoms with Crippen molar-refractivity contribution >= 4 is 47.5 Å².